The standard InChI is InChI=1S/C18H23NO4/c1-18(2)8-14(20)13(15(21)9-18)11-19-10-12-6-5-7-16(22-3)17(12)23-4/h5-7,11,20H,8-10H2,1-4H3. The van der Waals surface area contributed by atoms with Crippen LogP contribution in [0.15, 0.2) is 34.5 Å². The first-order valence-electron chi connectivity index (χ1n) is 7.53. The average Bonchev–Trinajstić information content (AvgIpc) is 2.48. The van der Waals surface area contributed by atoms with Crippen molar-refractivity contribution in [3.63, 3.8) is 0 Å². The SMILES string of the molecule is COc1cccc(CN=CC2=C(O)CC(C)(C)CC2=O)c1OC. The molecule has 5 heteroatoms. The molecular formula is C18H23NO4. The summed E-state index contributed by atoms with van der Waals surface area (Å²) in [5.41, 5.74) is 0.965. The summed E-state index contributed by atoms with van der Waals surface area (Å²) in [6.07, 6.45) is 2.37. The van der Waals surface area contributed by atoms with Crippen molar-refractivity contribution in [3.8, 4) is 11.5 Å². The Bertz CT molecular complexity index is 659. The molecule has 0 unspecified atom stereocenters. The fourth-order valence-corrected chi connectivity index (χ4v) is 2.76. The van der Waals surface area contributed by atoms with Gasteiger partial charge in [-0.05, 0) is 11.5 Å². The average molecular weight is 317 g/mol. The van der Waals surface area contributed by atoms with Crippen molar-refractivity contribution < 1.29 is 19.4 Å². The highest BCUT2D eigenvalue weighted by Crippen LogP contribution is 2.35. The Morgan fingerprint density at radius 2 is 2.00 bits per heavy atom. The fraction of sp³-hybridized carbons (Fsp3) is 0.444. The smallest absolute Gasteiger partial charge is 0.168 e. The van der Waals surface area contributed by atoms with Crippen molar-refractivity contribution in [2.24, 2.45) is 10.4 Å². The molecule has 5 nitrogen and oxygen atoms in total. The maximum atomic E-state index is 12.1. The molecule has 1 aliphatic rings. The van der Waals surface area contributed by atoms with Crippen LogP contribution in [0.1, 0.15) is 32.3 Å². The lowest BCUT2D eigenvalue weighted by Gasteiger charge is -2.28. The highest BCUT2D eigenvalue weighted by atomic mass is 16.5. The van der Waals surface area contributed by atoms with Gasteiger partial charge in [-0.1, -0.05) is 26.0 Å². The van der Waals surface area contributed by atoms with E-state index in [0.29, 0.717) is 36.5 Å². The first-order valence-corrected chi connectivity index (χ1v) is 7.53. The molecule has 0 saturated heterocycles. The third kappa shape index (κ3) is 3.92. The number of aliphatic hydroxyl groups excluding tert-OH is 1. The van der Waals surface area contributed by atoms with Crippen molar-refractivity contribution in [3.05, 3.63) is 35.1 Å². The maximum absolute atomic E-state index is 12.1. The molecule has 2 rings (SSSR count). The van der Waals surface area contributed by atoms with Crippen LogP contribution in [0, 0.1) is 5.41 Å². The van der Waals surface area contributed by atoms with Gasteiger partial charge in [0.05, 0.1) is 26.3 Å². The van der Waals surface area contributed by atoms with Crippen LogP contribution >= 0.6 is 0 Å². The molecule has 0 spiro atoms. The predicted octanol–water partition coefficient (Wildman–Crippen LogP) is 3.48. The molecule has 0 saturated carbocycles. The first-order chi connectivity index (χ1) is 10.9. The van der Waals surface area contributed by atoms with Crippen molar-refractivity contribution >= 4 is 12.0 Å². The van der Waals surface area contributed by atoms with Crippen LogP contribution in [0.3, 0.4) is 0 Å². The molecule has 1 N–H and O–H groups in total. The van der Waals surface area contributed by atoms with Gasteiger partial charge in [0.2, 0.25) is 0 Å². The lowest BCUT2D eigenvalue weighted by molar-refractivity contribution is -0.117. The Kier molecular flexibility index (Phi) is 5.08. The van der Waals surface area contributed by atoms with Gasteiger partial charge in [0.15, 0.2) is 17.3 Å². The number of rotatable bonds is 5. The Morgan fingerprint density at radius 1 is 1.26 bits per heavy atom. The van der Waals surface area contributed by atoms with Gasteiger partial charge in [-0.25, -0.2) is 0 Å². The third-order valence-corrected chi connectivity index (χ3v) is 3.86. The Labute approximate surface area is 136 Å². The molecule has 23 heavy (non-hydrogen) atoms. The number of Topliss-reactive ketones (excluding diaryl/α,β-unsaturated/α-hetero) is 1. The number of para-hydroxylation sites is 1. The van der Waals surface area contributed by atoms with Crippen molar-refractivity contribution in [2.45, 2.75) is 33.2 Å². The Morgan fingerprint density at radius 3 is 2.61 bits per heavy atom. The molecule has 0 aromatic heterocycles. The fourth-order valence-electron chi connectivity index (χ4n) is 2.76. The number of hydrogen-bond donors (Lipinski definition) is 1. The van der Waals surface area contributed by atoms with E-state index in [2.05, 4.69) is 4.99 Å². The monoisotopic (exact) mass is 317 g/mol. The van der Waals surface area contributed by atoms with Crippen molar-refractivity contribution in [1.82, 2.24) is 0 Å². The number of hydrogen-bond acceptors (Lipinski definition) is 5. The normalized spacial score (nSPS) is 17.7. The van der Waals surface area contributed by atoms with Gasteiger partial charge in [-0.3, -0.25) is 9.79 Å². The van der Waals surface area contributed by atoms with Crippen LogP contribution in [0.2, 0.25) is 0 Å². The minimum absolute atomic E-state index is 0.0693. The number of carbonyl (C=O) groups excluding carboxylic acids is 1. The molecule has 0 fully saturated rings. The van der Waals surface area contributed by atoms with Crippen LogP contribution < -0.4 is 9.47 Å². The number of methoxy groups -OCH3 is 2. The van der Waals surface area contributed by atoms with Crippen LogP contribution in [0.5, 0.6) is 11.5 Å². The highest BCUT2D eigenvalue weighted by molar-refractivity contribution is 6.14. The summed E-state index contributed by atoms with van der Waals surface area (Å²) in [4.78, 5) is 16.4. The van der Waals surface area contributed by atoms with E-state index < -0.39 is 0 Å². The van der Waals surface area contributed by atoms with Crippen LogP contribution in [0.25, 0.3) is 0 Å². The second-order valence-electron chi connectivity index (χ2n) is 6.42. The number of ketones is 1. The Balaban J connectivity index is 2.18. The summed E-state index contributed by atoms with van der Waals surface area (Å²) < 4.78 is 10.6. The van der Waals surface area contributed by atoms with Gasteiger partial charge in [0, 0.05) is 24.6 Å². The van der Waals surface area contributed by atoms with E-state index in [-0.39, 0.29) is 17.0 Å². The van der Waals surface area contributed by atoms with E-state index in [1.807, 2.05) is 32.0 Å². The zero-order chi connectivity index (χ0) is 17.0. The quantitative estimate of drug-likeness (QED) is 0.844. The van der Waals surface area contributed by atoms with E-state index in [1.165, 1.54) is 6.21 Å². The van der Waals surface area contributed by atoms with Crippen molar-refractivity contribution in [2.75, 3.05) is 14.2 Å². The topological polar surface area (TPSA) is 68.1 Å². The molecule has 124 valence electrons. The maximum Gasteiger partial charge on any atom is 0.168 e. The van der Waals surface area contributed by atoms with E-state index in [1.54, 1.807) is 14.2 Å². The molecule has 0 radical (unpaired) electrons. The molecule has 0 atom stereocenters. The van der Waals surface area contributed by atoms with Gasteiger partial charge in [0.25, 0.3) is 0 Å². The largest absolute Gasteiger partial charge is 0.511 e. The second-order valence-corrected chi connectivity index (χ2v) is 6.42. The molecular weight excluding hydrogens is 294 g/mol. The zero-order valence-electron chi connectivity index (χ0n) is 14.0. The number of nitrogens with zero attached hydrogens (tertiary/aromatic N) is 1. The summed E-state index contributed by atoms with van der Waals surface area (Å²) in [5.74, 6) is 1.31. The molecule has 0 bridgehead atoms. The molecule has 0 aliphatic heterocycles. The third-order valence-electron chi connectivity index (χ3n) is 3.86. The molecule has 0 amide bonds. The minimum atomic E-state index is -0.200. The van der Waals surface area contributed by atoms with Crippen LogP contribution in [-0.2, 0) is 11.3 Å². The highest BCUT2D eigenvalue weighted by Gasteiger charge is 2.32. The van der Waals surface area contributed by atoms with Crippen LogP contribution in [0.4, 0.5) is 0 Å². The van der Waals surface area contributed by atoms with Crippen LogP contribution in [-0.4, -0.2) is 31.3 Å². The number of ether oxygens (including phenoxy) is 2. The summed E-state index contributed by atoms with van der Waals surface area (Å²) in [5, 5.41) is 10.1. The molecule has 0 heterocycles. The number of benzene rings is 1. The van der Waals surface area contributed by atoms with E-state index in [4.69, 9.17) is 9.47 Å². The summed E-state index contributed by atoms with van der Waals surface area (Å²) in [6.45, 7) is 4.28. The molecule has 1 aromatic rings. The molecule has 1 aromatic carbocycles. The van der Waals surface area contributed by atoms with Crippen molar-refractivity contribution in [1.29, 1.82) is 0 Å². The first kappa shape index (κ1) is 17.1. The Hall–Kier alpha value is -2.30. The van der Waals surface area contributed by atoms with E-state index >= 15 is 0 Å². The van der Waals surface area contributed by atoms with Gasteiger partial charge in [-0.2, -0.15) is 0 Å². The van der Waals surface area contributed by atoms with Gasteiger partial charge < -0.3 is 14.6 Å². The van der Waals surface area contributed by atoms with Gasteiger partial charge in [-0.15, -0.1) is 0 Å². The predicted molar refractivity (Wildman–Crippen MR) is 89.4 cm³/mol. The lowest BCUT2D eigenvalue weighted by atomic mass is 9.77. The minimum Gasteiger partial charge on any atom is -0.511 e. The summed E-state index contributed by atoms with van der Waals surface area (Å²) in [6, 6.07) is 5.56. The number of allylic oxidation sites excluding steroid dienone is 2. The number of aliphatic imine (C=N–C) groups is 1. The van der Waals surface area contributed by atoms with E-state index in [0.717, 1.165) is 5.56 Å². The second kappa shape index (κ2) is 6.86. The summed E-state index contributed by atoms with van der Waals surface area (Å²) in [7, 11) is 3.16. The van der Waals surface area contributed by atoms with E-state index in [9.17, 15) is 9.90 Å². The summed E-state index contributed by atoms with van der Waals surface area (Å²) >= 11 is 0. The number of carbonyl (C=O) groups is 1. The number of aliphatic hydroxyl groups is 1. The lowest BCUT2D eigenvalue weighted by Crippen LogP contribution is -2.26. The zero-order valence-corrected chi connectivity index (χ0v) is 14.0. The van der Waals surface area contributed by atoms with Gasteiger partial charge in [0.1, 0.15) is 5.76 Å². The van der Waals surface area contributed by atoms with Gasteiger partial charge >= 0.3 is 0 Å². The molecule has 1 aliphatic carbocycles.